The van der Waals surface area contributed by atoms with Crippen molar-refractivity contribution in [2.75, 3.05) is 57.3 Å². The molecule has 3 amide bonds. The van der Waals surface area contributed by atoms with Crippen LogP contribution >= 0.6 is 0 Å². The third-order valence-corrected chi connectivity index (χ3v) is 16.8. The van der Waals surface area contributed by atoms with Crippen LogP contribution in [-0.4, -0.2) is 122 Å². The molecule has 76 heavy (non-hydrogen) atoms. The number of piperazine rings is 1. The Balaban J connectivity index is 0.605. The molecule has 3 aromatic heterocycles. The molecule has 17 heteroatoms. The highest BCUT2D eigenvalue weighted by Crippen LogP contribution is 2.40. The van der Waals surface area contributed by atoms with Gasteiger partial charge < -0.3 is 29.9 Å². The number of benzene rings is 3. The van der Waals surface area contributed by atoms with E-state index in [-0.39, 0.29) is 63.1 Å². The number of aromatic hydroxyl groups is 1. The van der Waals surface area contributed by atoms with Gasteiger partial charge in [0, 0.05) is 93.1 Å². The number of imide groups is 1. The molecule has 4 unspecified atom stereocenters. The first-order chi connectivity index (χ1) is 37.0. The van der Waals surface area contributed by atoms with Crippen LogP contribution in [0.1, 0.15) is 131 Å². The number of phenolic OH excluding ortho intramolecular Hbond substituents is 1. The Morgan fingerprint density at radius 3 is 2.39 bits per heavy atom. The predicted molar refractivity (Wildman–Crippen MR) is 288 cm³/mol. The number of carbonyl (C=O) groups excluding carboxylic acids is 3. The number of amides is 3. The molecule has 3 aromatic carbocycles. The Labute approximate surface area is 442 Å². The number of aromatic nitrogens is 5. The summed E-state index contributed by atoms with van der Waals surface area (Å²) >= 11 is 0. The van der Waals surface area contributed by atoms with E-state index in [2.05, 4.69) is 54.5 Å². The lowest BCUT2D eigenvalue weighted by molar-refractivity contribution is -0.134. The second-order valence-electron chi connectivity index (χ2n) is 22.0. The van der Waals surface area contributed by atoms with Gasteiger partial charge in [-0.2, -0.15) is 15.1 Å². The number of aryl methyl sites for hydroxylation is 1. The molecule has 0 spiro atoms. The fraction of sp³-hybridized carbons (Fsp3) is 0.508. The van der Waals surface area contributed by atoms with Crippen LogP contribution in [0.25, 0.3) is 43.8 Å². The summed E-state index contributed by atoms with van der Waals surface area (Å²) in [7, 11) is 1.90. The van der Waals surface area contributed by atoms with Gasteiger partial charge in [-0.3, -0.25) is 29.4 Å². The molecule has 4 atom stereocenters. The first-order valence-corrected chi connectivity index (χ1v) is 27.7. The van der Waals surface area contributed by atoms with Crippen molar-refractivity contribution < 1.29 is 33.0 Å². The second-order valence-corrected chi connectivity index (χ2v) is 22.0. The van der Waals surface area contributed by atoms with Gasteiger partial charge in [-0.1, -0.05) is 62.6 Å². The van der Waals surface area contributed by atoms with Gasteiger partial charge in [0.15, 0.2) is 5.82 Å². The summed E-state index contributed by atoms with van der Waals surface area (Å²) in [6.45, 7) is 6.32. The Bertz CT molecular complexity index is 3210. The van der Waals surface area contributed by atoms with E-state index < -0.39 is 17.6 Å². The summed E-state index contributed by atoms with van der Waals surface area (Å²) in [5.74, 6) is 1.50. The van der Waals surface area contributed by atoms with Crippen LogP contribution < -0.4 is 20.3 Å². The summed E-state index contributed by atoms with van der Waals surface area (Å²) in [5.41, 5.74) is 3.03. The maximum absolute atomic E-state index is 17.0. The number of terminal acetylenes is 1. The Morgan fingerprint density at radius 2 is 1.63 bits per heavy atom. The zero-order chi connectivity index (χ0) is 52.5. The molecule has 0 saturated carbocycles. The predicted octanol–water partition coefficient (Wildman–Crippen LogP) is 8.78. The van der Waals surface area contributed by atoms with Crippen LogP contribution in [0, 0.1) is 29.9 Å². The van der Waals surface area contributed by atoms with Gasteiger partial charge in [0.05, 0.1) is 34.7 Å². The van der Waals surface area contributed by atoms with E-state index in [1.165, 1.54) is 55.5 Å². The van der Waals surface area contributed by atoms with Crippen LogP contribution in [0.15, 0.2) is 48.7 Å². The number of rotatable bonds is 18. The van der Waals surface area contributed by atoms with Crippen molar-refractivity contribution in [3.05, 3.63) is 77.1 Å². The largest absolute Gasteiger partial charge is 0.508 e. The molecular formula is C59H68F2N10O5. The highest BCUT2D eigenvalue weighted by molar-refractivity contribution is 6.04. The fourth-order valence-corrected chi connectivity index (χ4v) is 12.7. The highest BCUT2D eigenvalue weighted by atomic mass is 19.1. The monoisotopic (exact) mass is 1030 g/mol. The molecule has 6 aromatic rings. The van der Waals surface area contributed by atoms with Gasteiger partial charge in [0.1, 0.15) is 28.6 Å². The third-order valence-electron chi connectivity index (χ3n) is 16.8. The number of carbonyl (C=O) groups is 3. The van der Waals surface area contributed by atoms with Crippen LogP contribution in [0.2, 0.25) is 0 Å². The van der Waals surface area contributed by atoms with Crippen molar-refractivity contribution in [1.29, 1.82) is 0 Å². The number of halogens is 2. The number of piperidine rings is 2. The minimum atomic E-state index is -0.726. The quantitative estimate of drug-likeness (QED) is 0.0426. The number of ether oxygens (including phenoxy) is 1. The van der Waals surface area contributed by atoms with E-state index in [1.807, 2.05) is 16.6 Å². The fourth-order valence-electron chi connectivity index (χ4n) is 12.7. The van der Waals surface area contributed by atoms with E-state index in [4.69, 9.17) is 21.2 Å². The molecule has 8 heterocycles. The molecule has 5 saturated heterocycles. The maximum Gasteiger partial charge on any atom is 0.319 e. The van der Waals surface area contributed by atoms with E-state index in [0.717, 1.165) is 107 Å². The first kappa shape index (κ1) is 51.3. The van der Waals surface area contributed by atoms with Crippen molar-refractivity contribution in [2.45, 2.75) is 127 Å². The number of anilines is 1. The van der Waals surface area contributed by atoms with E-state index in [9.17, 15) is 23.9 Å². The first-order valence-electron chi connectivity index (χ1n) is 27.7. The third kappa shape index (κ3) is 10.8. The highest BCUT2D eigenvalue weighted by Gasteiger charge is 2.36. The maximum atomic E-state index is 17.0. The number of hydrogen-bond donors (Lipinski definition) is 3. The molecule has 0 radical (unpaired) electrons. The normalized spacial score (nSPS) is 21.3. The van der Waals surface area contributed by atoms with Crippen LogP contribution in [0.3, 0.4) is 0 Å². The van der Waals surface area contributed by atoms with Gasteiger partial charge in [0.25, 0.3) is 0 Å². The zero-order valence-corrected chi connectivity index (χ0v) is 43.5. The average molecular weight is 1040 g/mol. The molecule has 5 fully saturated rings. The molecule has 2 bridgehead atoms. The van der Waals surface area contributed by atoms with Crippen molar-refractivity contribution in [2.24, 2.45) is 13.0 Å². The number of nitrogens with zero attached hydrogens (tertiary/aromatic N) is 8. The lowest BCUT2D eigenvalue weighted by Gasteiger charge is -2.34. The van der Waals surface area contributed by atoms with Crippen molar-refractivity contribution >= 4 is 56.1 Å². The average Bonchev–Trinajstić information content (AvgIpc) is 4.21. The van der Waals surface area contributed by atoms with E-state index >= 15 is 4.39 Å². The molecule has 5 aliphatic heterocycles. The molecular weight excluding hydrogens is 967 g/mol. The molecule has 3 N–H and O–H groups in total. The van der Waals surface area contributed by atoms with Gasteiger partial charge >= 0.3 is 6.01 Å². The van der Waals surface area contributed by atoms with Gasteiger partial charge in [-0.15, -0.1) is 6.42 Å². The van der Waals surface area contributed by atoms with Gasteiger partial charge in [-0.05, 0) is 106 Å². The van der Waals surface area contributed by atoms with Crippen molar-refractivity contribution in [1.82, 2.24) is 45.2 Å². The lowest BCUT2D eigenvalue weighted by atomic mass is 9.87. The molecule has 11 rings (SSSR count). The number of likely N-dealkylation sites (tertiary alicyclic amines) is 2. The van der Waals surface area contributed by atoms with Crippen LogP contribution in [0.5, 0.6) is 11.8 Å². The van der Waals surface area contributed by atoms with Gasteiger partial charge in [0.2, 0.25) is 17.7 Å². The van der Waals surface area contributed by atoms with Crippen LogP contribution in [0.4, 0.5) is 14.6 Å². The molecule has 398 valence electrons. The van der Waals surface area contributed by atoms with Crippen molar-refractivity contribution in [3.8, 4) is 35.4 Å². The number of phenols is 1. The summed E-state index contributed by atoms with van der Waals surface area (Å²) in [5, 5.41) is 23.6. The zero-order valence-electron chi connectivity index (χ0n) is 43.5. The number of pyridine rings is 1. The van der Waals surface area contributed by atoms with Gasteiger partial charge in [-0.25, -0.2) is 8.78 Å². The molecule has 15 nitrogen and oxygen atoms in total. The summed E-state index contributed by atoms with van der Waals surface area (Å²) in [6.07, 6.45) is 22.8. The van der Waals surface area contributed by atoms with E-state index in [1.54, 1.807) is 6.20 Å². The van der Waals surface area contributed by atoms with Crippen LogP contribution in [-0.2, 0) is 21.4 Å². The minimum Gasteiger partial charge on any atom is -0.508 e. The summed E-state index contributed by atoms with van der Waals surface area (Å²) in [6, 6.07) is 12.7. The Morgan fingerprint density at radius 1 is 0.868 bits per heavy atom. The second kappa shape index (κ2) is 22.4. The Hall–Kier alpha value is -6.77. The summed E-state index contributed by atoms with van der Waals surface area (Å²) < 4.78 is 40.2. The number of fused-ring (bicyclic) bond motifs is 5. The number of unbranched alkanes of at least 4 members (excludes halogenated alkanes) is 7. The SMILES string of the molecule is C#Cc1c(F)ccc2cc(O)cc(-c3ncc4c(N5CC6CCC(C5)N6)nc(OCC5CCN(CCCCCCCCCCC(=O)N6CCC(c7ccc8c(C9CCC(=O)NC9=O)nn(C)c8c7)CC6)C5)nc4c3F)c12. The van der Waals surface area contributed by atoms with Crippen molar-refractivity contribution in [3.63, 3.8) is 0 Å². The summed E-state index contributed by atoms with van der Waals surface area (Å²) in [4.78, 5) is 58.3. The molecule has 0 aliphatic carbocycles. The standard InChI is InChI=1S/C59H68F2N10O5/c1-3-43-48(60)19-14-39-28-42(72)30-46(52(39)43)55-53(61)56-47(31-62-55)57(71-33-40-15-16-41(34-71)63-40)66-59(65-56)76-35-36-21-25-69(32-36)24-11-9-7-5-4-6-8-10-12-51(74)70-26-22-37(23-27-70)38-13-17-44-49(29-38)68(2)67-54(44)45-18-20-50(73)64-58(45)75/h1,13-14,17,19,28-31,36-37,40-41,45,63,72H,4-12,15-16,18,20-27,32-35H2,2H3,(H,64,73,75). The van der Waals surface area contributed by atoms with E-state index in [0.29, 0.717) is 73.6 Å². The smallest absolute Gasteiger partial charge is 0.319 e. The minimum absolute atomic E-state index is 0.0356. The number of nitrogens with one attached hydrogen (secondary N) is 2. The Kier molecular flexibility index (Phi) is 15.2. The number of hydrogen-bond acceptors (Lipinski definition) is 12. The molecule has 5 aliphatic rings. The topological polar surface area (TPSA) is 171 Å². The lowest BCUT2D eigenvalue weighted by Crippen LogP contribution is -2.51.